The first-order chi connectivity index (χ1) is 16.6. The summed E-state index contributed by atoms with van der Waals surface area (Å²) < 4.78 is 60.1. The Kier molecular flexibility index (Phi) is 6.86. The second-order valence-electron chi connectivity index (χ2n) is 8.22. The van der Waals surface area contributed by atoms with Crippen molar-refractivity contribution in [2.24, 2.45) is 5.10 Å². The fourth-order valence-corrected chi connectivity index (χ4v) is 5.85. The average molecular weight is 514 g/mol. The van der Waals surface area contributed by atoms with Gasteiger partial charge in [0.1, 0.15) is 5.75 Å². The van der Waals surface area contributed by atoms with Crippen LogP contribution >= 0.6 is 0 Å². The number of hydrogen-bond donors (Lipinski definition) is 1. The molecule has 0 spiro atoms. The number of anilines is 1. The van der Waals surface area contributed by atoms with Crippen LogP contribution in [0, 0.1) is 6.92 Å². The molecule has 0 fully saturated rings. The van der Waals surface area contributed by atoms with Gasteiger partial charge in [0.25, 0.3) is 10.0 Å². The van der Waals surface area contributed by atoms with E-state index < -0.39 is 26.1 Å². The van der Waals surface area contributed by atoms with Crippen LogP contribution in [-0.2, 0) is 20.0 Å². The number of nitrogens with zero attached hydrogens (tertiary/aromatic N) is 2. The van der Waals surface area contributed by atoms with Crippen LogP contribution in [0.1, 0.15) is 36.1 Å². The van der Waals surface area contributed by atoms with Crippen LogP contribution in [0.3, 0.4) is 0 Å². The normalized spacial score (nSPS) is 16.1. The largest absolute Gasteiger partial charge is 0.497 e. The Bertz CT molecular complexity index is 1450. The van der Waals surface area contributed by atoms with Crippen molar-refractivity contribution in [3.05, 3.63) is 89.5 Å². The van der Waals surface area contributed by atoms with Crippen molar-refractivity contribution in [1.82, 2.24) is 4.41 Å². The number of nitrogens with one attached hydrogen (secondary N) is 1. The molecule has 0 bridgehead atoms. The van der Waals surface area contributed by atoms with E-state index in [0.717, 1.165) is 15.5 Å². The van der Waals surface area contributed by atoms with Crippen LogP contribution in [0.15, 0.2) is 82.8 Å². The van der Waals surface area contributed by atoms with Crippen LogP contribution in [0.5, 0.6) is 5.75 Å². The molecule has 1 heterocycles. The molecule has 184 valence electrons. The highest BCUT2D eigenvalue weighted by molar-refractivity contribution is 7.92. The van der Waals surface area contributed by atoms with E-state index in [1.807, 2.05) is 31.2 Å². The number of methoxy groups -OCH3 is 1. The van der Waals surface area contributed by atoms with E-state index in [1.54, 1.807) is 43.3 Å². The van der Waals surface area contributed by atoms with Crippen LogP contribution < -0.4 is 9.46 Å². The van der Waals surface area contributed by atoms with E-state index in [2.05, 4.69) is 9.82 Å². The van der Waals surface area contributed by atoms with Crippen LogP contribution in [0.4, 0.5) is 5.69 Å². The maximum Gasteiger partial charge on any atom is 0.279 e. The number of hydrazone groups is 1. The smallest absolute Gasteiger partial charge is 0.279 e. The zero-order valence-corrected chi connectivity index (χ0v) is 21.3. The molecule has 0 aromatic heterocycles. The number of sulfonamides is 2. The fraction of sp³-hybridized carbons (Fsp3) is 0.240. The lowest BCUT2D eigenvalue weighted by Crippen LogP contribution is -2.27. The summed E-state index contributed by atoms with van der Waals surface area (Å²) in [6.45, 7) is 3.52. The average Bonchev–Trinajstić information content (AvgIpc) is 3.31. The van der Waals surface area contributed by atoms with E-state index >= 15 is 0 Å². The molecular formula is C25H27N3O5S2. The third-order valence-corrected chi connectivity index (χ3v) is 8.79. The molecule has 0 amide bonds. The Hall–Kier alpha value is -3.37. The first kappa shape index (κ1) is 24.7. The van der Waals surface area contributed by atoms with E-state index in [4.69, 9.17) is 4.74 Å². The SMILES string of the molecule is CCS(=O)(=O)Nc1cccc(C2=NN(S(=O)(=O)c3ccc(OC)cc3)[C@H](c3ccc(C)cc3)C2)c1. The molecule has 0 saturated carbocycles. The summed E-state index contributed by atoms with van der Waals surface area (Å²) in [6, 6.07) is 20.1. The number of aryl methyl sites for hydroxylation is 1. The molecule has 1 N–H and O–H groups in total. The summed E-state index contributed by atoms with van der Waals surface area (Å²) in [4.78, 5) is 0.102. The predicted octanol–water partition coefficient (Wildman–Crippen LogP) is 4.31. The minimum Gasteiger partial charge on any atom is -0.497 e. The van der Waals surface area contributed by atoms with Crippen molar-refractivity contribution >= 4 is 31.4 Å². The van der Waals surface area contributed by atoms with Gasteiger partial charge in [0.05, 0.1) is 29.5 Å². The maximum absolute atomic E-state index is 13.6. The Morgan fingerprint density at radius 3 is 2.31 bits per heavy atom. The lowest BCUT2D eigenvalue weighted by molar-refractivity contribution is 0.371. The van der Waals surface area contributed by atoms with Crippen LogP contribution in [0.2, 0.25) is 0 Å². The zero-order chi connectivity index (χ0) is 25.2. The molecule has 0 radical (unpaired) electrons. The molecule has 1 atom stereocenters. The highest BCUT2D eigenvalue weighted by atomic mass is 32.2. The van der Waals surface area contributed by atoms with Crippen molar-refractivity contribution in [3.63, 3.8) is 0 Å². The molecule has 1 aliphatic heterocycles. The van der Waals surface area contributed by atoms with Crippen LogP contribution in [-0.4, -0.2) is 39.8 Å². The number of ether oxygens (including phenoxy) is 1. The van der Waals surface area contributed by atoms with Crippen LogP contribution in [0.25, 0.3) is 0 Å². The zero-order valence-electron chi connectivity index (χ0n) is 19.7. The summed E-state index contributed by atoms with van der Waals surface area (Å²) in [7, 11) is -5.91. The fourth-order valence-electron chi connectivity index (χ4n) is 3.79. The van der Waals surface area contributed by atoms with Gasteiger partial charge in [-0.1, -0.05) is 42.0 Å². The van der Waals surface area contributed by atoms with E-state index in [-0.39, 0.29) is 10.6 Å². The van der Waals surface area contributed by atoms with Gasteiger partial charge in [0.15, 0.2) is 0 Å². The summed E-state index contributed by atoms with van der Waals surface area (Å²) in [6.07, 6.45) is 0.336. The van der Waals surface area contributed by atoms with Gasteiger partial charge in [0, 0.05) is 12.1 Å². The van der Waals surface area contributed by atoms with Crippen molar-refractivity contribution in [3.8, 4) is 5.75 Å². The highest BCUT2D eigenvalue weighted by Crippen LogP contribution is 2.37. The van der Waals surface area contributed by atoms with Gasteiger partial charge < -0.3 is 4.74 Å². The molecule has 35 heavy (non-hydrogen) atoms. The molecule has 3 aromatic rings. The molecule has 0 aliphatic carbocycles. The third kappa shape index (κ3) is 5.33. The third-order valence-electron chi connectivity index (χ3n) is 5.79. The van der Waals surface area contributed by atoms with E-state index in [9.17, 15) is 16.8 Å². The molecule has 0 unspecified atom stereocenters. The molecule has 0 saturated heterocycles. The quantitative estimate of drug-likeness (QED) is 0.483. The highest BCUT2D eigenvalue weighted by Gasteiger charge is 2.37. The van der Waals surface area contributed by atoms with Gasteiger partial charge in [-0.3, -0.25) is 4.72 Å². The first-order valence-electron chi connectivity index (χ1n) is 11.1. The molecular weight excluding hydrogens is 486 g/mol. The second-order valence-corrected chi connectivity index (χ2v) is 12.0. The summed E-state index contributed by atoms with van der Waals surface area (Å²) >= 11 is 0. The monoisotopic (exact) mass is 513 g/mol. The molecule has 10 heteroatoms. The number of benzene rings is 3. The Morgan fingerprint density at radius 1 is 1.00 bits per heavy atom. The topological polar surface area (TPSA) is 105 Å². The minimum atomic E-state index is -3.98. The summed E-state index contributed by atoms with van der Waals surface area (Å²) in [5.74, 6) is 0.498. The summed E-state index contributed by atoms with van der Waals surface area (Å²) in [5, 5.41) is 4.54. The molecule has 3 aromatic carbocycles. The number of hydrogen-bond acceptors (Lipinski definition) is 6. The van der Waals surface area contributed by atoms with Gasteiger partial charge in [-0.05, 0) is 61.4 Å². The minimum absolute atomic E-state index is 0.0540. The molecule has 8 nitrogen and oxygen atoms in total. The second kappa shape index (κ2) is 9.71. The van der Waals surface area contributed by atoms with E-state index in [1.165, 1.54) is 19.2 Å². The van der Waals surface area contributed by atoms with Gasteiger partial charge in [-0.25, -0.2) is 8.42 Å². The Balaban J connectivity index is 1.76. The molecule has 1 aliphatic rings. The van der Waals surface area contributed by atoms with Crippen molar-refractivity contribution in [2.45, 2.75) is 31.2 Å². The standard InChI is InChI=1S/C25H27N3O5S2/c1-4-34(29,30)27-21-7-5-6-20(16-21)24-17-25(19-10-8-18(2)9-11-19)28(26-24)35(31,32)23-14-12-22(33-3)13-15-23/h5-16,25,27H,4,17H2,1-3H3/t25-/m0/s1. The van der Waals surface area contributed by atoms with Gasteiger partial charge >= 0.3 is 0 Å². The predicted molar refractivity (Wildman–Crippen MR) is 137 cm³/mol. The maximum atomic E-state index is 13.6. The Labute approximate surface area is 206 Å². The van der Waals surface area contributed by atoms with Gasteiger partial charge in [0.2, 0.25) is 10.0 Å². The Morgan fingerprint density at radius 2 is 1.69 bits per heavy atom. The number of rotatable bonds is 8. The van der Waals surface area contributed by atoms with Gasteiger partial charge in [-0.2, -0.15) is 17.9 Å². The van der Waals surface area contributed by atoms with Crippen molar-refractivity contribution < 1.29 is 21.6 Å². The lowest BCUT2D eigenvalue weighted by Gasteiger charge is -2.23. The van der Waals surface area contributed by atoms with Crippen molar-refractivity contribution in [2.75, 3.05) is 17.6 Å². The first-order valence-corrected chi connectivity index (χ1v) is 14.2. The van der Waals surface area contributed by atoms with E-state index in [0.29, 0.717) is 29.1 Å². The summed E-state index contributed by atoms with van der Waals surface area (Å²) in [5.41, 5.74) is 3.47. The molecule has 4 rings (SSSR count). The van der Waals surface area contributed by atoms with Crippen molar-refractivity contribution in [1.29, 1.82) is 0 Å². The van der Waals surface area contributed by atoms with Gasteiger partial charge in [-0.15, -0.1) is 0 Å². The lowest BCUT2D eigenvalue weighted by atomic mass is 9.98.